The van der Waals surface area contributed by atoms with Gasteiger partial charge < -0.3 is 15.0 Å². The smallest absolute Gasteiger partial charge is 0.187 e. The highest BCUT2D eigenvalue weighted by Crippen LogP contribution is 2.31. The van der Waals surface area contributed by atoms with E-state index >= 15 is 0 Å². The number of ether oxygens (including phenoxy) is 1. The predicted molar refractivity (Wildman–Crippen MR) is 107 cm³/mol. The molecule has 1 fully saturated rings. The molecular formula is C17H23ClN6OS. The third kappa shape index (κ3) is 3.82. The SMILES string of the molecule is CCC(C)n1nc(C)c(N=Cc2sc(N3CCOCC3)nc2Cl)c1C=N. The number of aryl methyl sites for hydroxylation is 1. The first-order valence-corrected chi connectivity index (χ1v) is 9.87. The first kappa shape index (κ1) is 19.0. The van der Waals surface area contributed by atoms with Crippen molar-refractivity contribution in [1.82, 2.24) is 14.8 Å². The van der Waals surface area contributed by atoms with E-state index in [-0.39, 0.29) is 6.04 Å². The molecule has 1 aliphatic rings. The second-order valence-corrected chi connectivity index (χ2v) is 7.54. The van der Waals surface area contributed by atoms with E-state index in [0.717, 1.165) is 35.2 Å². The van der Waals surface area contributed by atoms with Crippen molar-refractivity contribution in [2.24, 2.45) is 4.99 Å². The van der Waals surface area contributed by atoms with Gasteiger partial charge in [0.05, 0.1) is 23.8 Å². The molecule has 1 N–H and O–H groups in total. The fourth-order valence-electron chi connectivity index (χ4n) is 2.75. The van der Waals surface area contributed by atoms with Gasteiger partial charge in [-0.05, 0) is 20.3 Å². The molecule has 2 aromatic heterocycles. The van der Waals surface area contributed by atoms with E-state index in [9.17, 15) is 0 Å². The lowest BCUT2D eigenvalue weighted by Crippen LogP contribution is -2.36. The fraction of sp³-hybridized carbons (Fsp3) is 0.529. The van der Waals surface area contributed by atoms with Crippen molar-refractivity contribution >= 4 is 46.2 Å². The predicted octanol–water partition coefficient (Wildman–Crippen LogP) is 3.86. The second kappa shape index (κ2) is 8.28. The monoisotopic (exact) mass is 394 g/mol. The number of hydrogen-bond acceptors (Lipinski definition) is 7. The summed E-state index contributed by atoms with van der Waals surface area (Å²) in [7, 11) is 0. The van der Waals surface area contributed by atoms with Crippen molar-refractivity contribution in [3.8, 4) is 0 Å². The Morgan fingerprint density at radius 3 is 2.81 bits per heavy atom. The van der Waals surface area contributed by atoms with Crippen LogP contribution in [-0.2, 0) is 4.74 Å². The highest BCUT2D eigenvalue weighted by Gasteiger charge is 2.18. The van der Waals surface area contributed by atoms with Crippen LogP contribution in [0.25, 0.3) is 0 Å². The van der Waals surface area contributed by atoms with Crippen LogP contribution in [-0.4, -0.2) is 53.5 Å². The van der Waals surface area contributed by atoms with Crippen LogP contribution in [0, 0.1) is 12.3 Å². The van der Waals surface area contributed by atoms with Gasteiger partial charge in [0, 0.05) is 31.6 Å². The molecule has 1 unspecified atom stereocenters. The lowest BCUT2D eigenvalue weighted by Gasteiger charge is -2.25. The average molecular weight is 395 g/mol. The van der Waals surface area contributed by atoms with Crippen LogP contribution in [0.4, 0.5) is 10.8 Å². The quantitative estimate of drug-likeness (QED) is 0.754. The Kier molecular flexibility index (Phi) is 6.05. The van der Waals surface area contributed by atoms with Crippen molar-refractivity contribution in [3.63, 3.8) is 0 Å². The number of aromatic nitrogens is 3. The van der Waals surface area contributed by atoms with E-state index < -0.39 is 0 Å². The van der Waals surface area contributed by atoms with Gasteiger partial charge in [0.1, 0.15) is 11.4 Å². The molecule has 2 aromatic rings. The highest BCUT2D eigenvalue weighted by molar-refractivity contribution is 7.17. The maximum atomic E-state index is 7.76. The molecule has 3 heterocycles. The number of halogens is 1. The summed E-state index contributed by atoms with van der Waals surface area (Å²) in [6.45, 7) is 9.14. The van der Waals surface area contributed by atoms with Crippen LogP contribution in [0.5, 0.6) is 0 Å². The van der Waals surface area contributed by atoms with Gasteiger partial charge in [0.2, 0.25) is 0 Å². The number of aliphatic imine (C=N–C) groups is 1. The average Bonchev–Trinajstić information content (AvgIpc) is 3.19. The molecule has 9 heteroatoms. The lowest BCUT2D eigenvalue weighted by atomic mass is 10.2. The summed E-state index contributed by atoms with van der Waals surface area (Å²) in [5.41, 5.74) is 2.22. The van der Waals surface area contributed by atoms with Gasteiger partial charge in [0.15, 0.2) is 10.3 Å². The largest absolute Gasteiger partial charge is 0.378 e. The molecule has 3 rings (SSSR count). The Balaban J connectivity index is 1.87. The summed E-state index contributed by atoms with van der Waals surface area (Å²) < 4.78 is 7.24. The molecule has 0 bridgehead atoms. The number of morpholine rings is 1. The van der Waals surface area contributed by atoms with Crippen molar-refractivity contribution in [3.05, 3.63) is 21.4 Å². The number of nitrogens with one attached hydrogen (secondary N) is 1. The van der Waals surface area contributed by atoms with Crippen molar-refractivity contribution in [1.29, 1.82) is 5.41 Å². The Bertz CT molecular complexity index is 809. The van der Waals surface area contributed by atoms with Gasteiger partial charge in [-0.15, -0.1) is 0 Å². The van der Waals surface area contributed by atoms with E-state index in [0.29, 0.717) is 29.7 Å². The number of hydrogen-bond donors (Lipinski definition) is 1. The Hall–Kier alpha value is -1.77. The molecule has 0 spiro atoms. The van der Waals surface area contributed by atoms with Crippen LogP contribution in [0.15, 0.2) is 4.99 Å². The molecule has 26 heavy (non-hydrogen) atoms. The van der Waals surface area contributed by atoms with Gasteiger partial charge in [-0.2, -0.15) is 5.10 Å². The zero-order valence-electron chi connectivity index (χ0n) is 15.2. The van der Waals surface area contributed by atoms with Crippen LogP contribution in [0.2, 0.25) is 5.15 Å². The van der Waals surface area contributed by atoms with E-state index in [1.807, 2.05) is 11.6 Å². The summed E-state index contributed by atoms with van der Waals surface area (Å²) in [4.78, 5) is 12.0. The molecule has 7 nitrogen and oxygen atoms in total. The van der Waals surface area contributed by atoms with E-state index in [2.05, 4.69) is 33.8 Å². The minimum atomic E-state index is 0.217. The van der Waals surface area contributed by atoms with Crippen LogP contribution in [0.1, 0.15) is 42.6 Å². The zero-order chi connectivity index (χ0) is 18.7. The van der Waals surface area contributed by atoms with Crippen molar-refractivity contribution < 1.29 is 4.74 Å². The highest BCUT2D eigenvalue weighted by atomic mass is 35.5. The van der Waals surface area contributed by atoms with E-state index in [4.69, 9.17) is 21.7 Å². The number of anilines is 1. The minimum absolute atomic E-state index is 0.217. The molecule has 1 aliphatic heterocycles. The van der Waals surface area contributed by atoms with E-state index in [1.165, 1.54) is 17.6 Å². The maximum absolute atomic E-state index is 7.76. The minimum Gasteiger partial charge on any atom is -0.378 e. The fourth-order valence-corrected chi connectivity index (χ4v) is 3.93. The van der Waals surface area contributed by atoms with Crippen LogP contribution in [0.3, 0.4) is 0 Å². The second-order valence-electron chi connectivity index (χ2n) is 6.17. The molecule has 0 aliphatic carbocycles. The van der Waals surface area contributed by atoms with Crippen molar-refractivity contribution in [2.75, 3.05) is 31.2 Å². The molecular weight excluding hydrogens is 372 g/mol. The third-order valence-electron chi connectivity index (χ3n) is 4.43. The number of rotatable bonds is 6. The van der Waals surface area contributed by atoms with Crippen molar-refractivity contribution in [2.45, 2.75) is 33.2 Å². The summed E-state index contributed by atoms with van der Waals surface area (Å²) in [6.07, 6.45) is 3.98. The lowest BCUT2D eigenvalue weighted by molar-refractivity contribution is 0.122. The third-order valence-corrected chi connectivity index (χ3v) is 5.88. The summed E-state index contributed by atoms with van der Waals surface area (Å²) in [5, 5.41) is 13.6. The first-order valence-electron chi connectivity index (χ1n) is 8.67. The molecule has 1 saturated heterocycles. The Labute approximate surface area is 162 Å². The molecule has 140 valence electrons. The van der Waals surface area contributed by atoms with Crippen LogP contribution >= 0.6 is 22.9 Å². The van der Waals surface area contributed by atoms with Gasteiger partial charge in [-0.1, -0.05) is 29.9 Å². The topological polar surface area (TPSA) is 79.4 Å². The molecule has 1 atom stereocenters. The normalized spacial score (nSPS) is 16.4. The standard InChI is InChI=1S/C17H23ClN6OS/c1-4-11(2)24-13(9-19)15(12(3)22-24)20-10-14-16(18)21-17(26-14)23-5-7-25-8-6-23/h9-11,19H,4-8H2,1-3H3. The molecule has 0 saturated carbocycles. The molecule has 0 aromatic carbocycles. The summed E-state index contributed by atoms with van der Waals surface area (Å²) in [6, 6.07) is 0.217. The summed E-state index contributed by atoms with van der Waals surface area (Å²) >= 11 is 7.82. The van der Waals surface area contributed by atoms with Crippen LogP contribution < -0.4 is 4.90 Å². The molecule has 0 radical (unpaired) electrons. The first-order chi connectivity index (χ1) is 12.5. The maximum Gasteiger partial charge on any atom is 0.187 e. The van der Waals surface area contributed by atoms with Gasteiger partial charge >= 0.3 is 0 Å². The Morgan fingerprint density at radius 2 is 2.15 bits per heavy atom. The number of thiazole rings is 1. The van der Waals surface area contributed by atoms with Gasteiger partial charge in [-0.3, -0.25) is 9.67 Å². The number of nitrogens with zero attached hydrogens (tertiary/aromatic N) is 5. The van der Waals surface area contributed by atoms with Gasteiger partial charge in [0.25, 0.3) is 0 Å². The summed E-state index contributed by atoms with van der Waals surface area (Å²) in [5.74, 6) is 0. The van der Waals surface area contributed by atoms with Gasteiger partial charge in [-0.25, -0.2) is 4.98 Å². The molecule has 0 amide bonds. The zero-order valence-corrected chi connectivity index (χ0v) is 16.8. The Morgan fingerprint density at radius 1 is 1.42 bits per heavy atom. The van der Waals surface area contributed by atoms with E-state index in [1.54, 1.807) is 6.21 Å².